The summed E-state index contributed by atoms with van der Waals surface area (Å²) in [7, 11) is 2.01. The lowest BCUT2D eigenvalue weighted by Crippen LogP contribution is -2.45. The molecule has 0 saturated carbocycles. The maximum atomic E-state index is 13.5. The Labute approximate surface area is 183 Å². The van der Waals surface area contributed by atoms with Gasteiger partial charge in [0.25, 0.3) is 0 Å². The number of carbonyl (C=O) groups is 1. The highest BCUT2D eigenvalue weighted by Gasteiger charge is 2.40. The number of anilines is 1. The molecule has 4 atom stereocenters. The van der Waals surface area contributed by atoms with Crippen molar-refractivity contribution in [2.75, 3.05) is 38.1 Å². The van der Waals surface area contributed by atoms with Crippen LogP contribution >= 0.6 is 0 Å². The van der Waals surface area contributed by atoms with Gasteiger partial charge in [0.2, 0.25) is 5.91 Å². The summed E-state index contributed by atoms with van der Waals surface area (Å²) in [6.45, 7) is 7.48. The number of amides is 1. The van der Waals surface area contributed by atoms with Gasteiger partial charge in [0.15, 0.2) is 5.65 Å². The van der Waals surface area contributed by atoms with Gasteiger partial charge in [0.05, 0.1) is 17.7 Å². The molecule has 5 heterocycles. The van der Waals surface area contributed by atoms with E-state index in [4.69, 9.17) is 15.8 Å². The van der Waals surface area contributed by atoms with Crippen LogP contribution in [0.2, 0.25) is 0 Å². The van der Waals surface area contributed by atoms with Crippen LogP contribution in [-0.2, 0) is 4.79 Å². The zero-order chi connectivity index (χ0) is 21.7. The lowest BCUT2D eigenvalue weighted by molar-refractivity contribution is -0.139. The van der Waals surface area contributed by atoms with Crippen molar-refractivity contribution in [3.05, 3.63) is 23.5 Å². The summed E-state index contributed by atoms with van der Waals surface area (Å²) in [5.74, 6) is 1.22. The average Bonchev–Trinajstić information content (AvgIpc) is 3.46. The van der Waals surface area contributed by atoms with Crippen molar-refractivity contribution in [1.82, 2.24) is 29.9 Å². The Hall–Kier alpha value is -2.23. The third-order valence-electron chi connectivity index (χ3n) is 7.35. The molecular weight excluding hydrogens is 392 g/mol. The number of nitrogens with zero attached hydrogens (tertiary/aromatic N) is 6. The Bertz CT molecular complexity index is 974. The quantitative estimate of drug-likeness (QED) is 0.758. The third kappa shape index (κ3) is 3.68. The van der Waals surface area contributed by atoms with Crippen molar-refractivity contribution < 1.29 is 4.79 Å². The molecule has 9 nitrogen and oxygen atoms in total. The van der Waals surface area contributed by atoms with E-state index >= 15 is 0 Å². The van der Waals surface area contributed by atoms with Crippen LogP contribution in [0.1, 0.15) is 49.9 Å². The molecule has 5 rings (SSSR count). The van der Waals surface area contributed by atoms with Crippen LogP contribution in [0.3, 0.4) is 0 Å². The normalized spacial score (nSPS) is 29.9. The number of fused-ring (bicyclic) bond motifs is 1. The summed E-state index contributed by atoms with van der Waals surface area (Å²) in [6.07, 6.45) is 6.17. The highest BCUT2D eigenvalue weighted by atomic mass is 16.2. The lowest BCUT2D eigenvalue weighted by Gasteiger charge is -2.37. The number of likely N-dealkylation sites (tertiary alicyclic amines) is 1. The van der Waals surface area contributed by atoms with Crippen LogP contribution in [0.15, 0.2) is 12.3 Å². The van der Waals surface area contributed by atoms with Gasteiger partial charge in [0, 0.05) is 63.1 Å². The molecular formula is C22H34N8O. The molecule has 3 fully saturated rings. The minimum absolute atomic E-state index is 0.0185. The molecule has 0 aromatic carbocycles. The molecule has 4 unspecified atom stereocenters. The highest BCUT2D eigenvalue weighted by molar-refractivity contribution is 5.80. The number of hydrazine groups is 1. The molecule has 0 spiro atoms. The number of hydrogen-bond acceptors (Lipinski definition) is 7. The fourth-order valence-corrected chi connectivity index (χ4v) is 5.32. The fraction of sp³-hybridized carbons (Fsp3) is 0.682. The van der Waals surface area contributed by atoms with Gasteiger partial charge in [0.1, 0.15) is 5.82 Å². The average molecular weight is 427 g/mol. The maximum absolute atomic E-state index is 13.5. The number of nitrogens with one attached hydrogen (secondary N) is 1. The summed E-state index contributed by atoms with van der Waals surface area (Å²) >= 11 is 0. The maximum Gasteiger partial charge on any atom is 0.229 e. The van der Waals surface area contributed by atoms with Crippen LogP contribution in [-0.4, -0.2) is 75.7 Å². The highest BCUT2D eigenvalue weighted by Crippen LogP contribution is 2.33. The van der Waals surface area contributed by atoms with E-state index in [1.54, 1.807) is 0 Å². The second-order valence-electron chi connectivity index (χ2n) is 9.48. The zero-order valence-electron chi connectivity index (χ0n) is 18.8. The first-order valence-corrected chi connectivity index (χ1v) is 11.6. The standard InChI is InChI=1S/C22H34N8O/c1-14-12-30-20(25-21(14)28-9-7-16(23)13-28)10-18(26-30)19-6-4-5-8-29(19)22(31)17-11-24-27(3)15(17)2/h10,12,15-17,19,24H,4-9,11,13,23H2,1-3H3. The lowest BCUT2D eigenvalue weighted by atomic mass is 9.94. The van der Waals surface area contributed by atoms with Gasteiger partial charge in [-0.15, -0.1) is 0 Å². The third-order valence-corrected chi connectivity index (χ3v) is 7.35. The second-order valence-corrected chi connectivity index (χ2v) is 9.48. The fourth-order valence-electron chi connectivity index (χ4n) is 5.32. The number of nitrogens with two attached hydrogens (primary N) is 1. The molecule has 0 bridgehead atoms. The minimum atomic E-state index is -0.0195. The van der Waals surface area contributed by atoms with Crippen molar-refractivity contribution in [2.45, 2.75) is 57.7 Å². The van der Waals surface area contributed by atoms with Crippen LogP contribution in [0.5, 0.6) is 0 Å². The number of carbonyl (C=O) groups excluding carboxylic acids is 1. The minimum Gasteiger partial charge on any atom is -0.355 e. The van der Waals surface area contributed by atoms with Crippen molar-refractivity contribution in [1.29, 1.82) is 0 Å². The van der Waals surface area contributed by atoms with E-state index in [-0.39, 0.29) is 30.0 Å². The van der Waals surface area contributed by atoms with E-state index in [1.807, 2.05) is 16.6 Å². The predicted octanol–water partition coefficient (Wildman–Crippen LogP) is 1.08. The van der Waals surface area contributed by atoms with Gasteiger partial charge in [-0.25, -0.2) is 14.5 Å². The van der Waals surface area contributed by atoms with Crippen molar-refractivity contribution in [3.63, 3.8) is 0 Å². The molecule has 3 aliphatic heterocycles. The summed E-state index contributed by atoms with van der Waals surface area (Å²) in [6, 6.07) is 2.49. The SMILES string of the molecule is Cc1cn2nc(C3CCCCN3C(=O)C3CNN(C)C3C)cc2nc1N1CCC(N)C1. The van der Waals surface area contributed by atoms with Crippen LogP contribution in [0.4, 0.5) is 5.82 Å². The Kier molecular flexibility index (Phi) is 5.35. The Morgan fingerprint density at radius 3 is 2.81 bits per heavy atom. The number of aromatic nitrogens is 3. The largest absolute Gasteiger partial charge is 0.355 e. The molecule has 2 aromatic rings. The zero-order valence-corrected chi connectivity index (χ0v) is 18.8. The first kappa shape index (κ1) is 20.7. The number of hydrogen-bond donors (Lipinski definition) is 2. The van der Waals surface area contributed by atoms with E-state index in [0.717, 1.165) is 68.0 Å². The molecule has 0 aliphatic carbocycles. The number of piperidine rings is 1. The molecule has 3 saturated heterocycles. The molecule has 168 valence electrons. The van der Waals surface area contributed by atoms with Gasteiger partial charge in [-0.2, -0.15) is 5.10 Å². The van der Waals surface area contributed by atoms with Gasteiger partial charge in [-0.05, 0) is 39.5 Å². The summed E-state index contributed by atoms with van der Waals surface area (Å²) in [5.41, 5.74) is 12.3. The molecule has 3 N–H and O–H groups in total. The van der Waals surface area contributed by atoms with Crippen molar-refractivity contribution in [2.24, 2.45) is 11.7 Å². The first-order valence-electron chi connectivity index (χ1n) is 11.6. The molecule has 1 amide bonds. The number of rotatable bonds is 3. The van der Waals surface area contributed by atoms with Gasteiger partial charge >= 0.3 is 0 Å². The van der Waals surface area contributed by atoms with Gasteiger partial charge < -0.3 is 15.5 Å². The molecule has 31 heavy (non-hydrogen) atoms. The van der Waals surface area contributed by atoms with Crippen molar-refractivity contribution in [3.8, 4) is 0 Å². The van der Waals surface area contributed by atoms with Crippen LogP contribution < -0.4 is 16.1 Å². The first-order chi connectivity index (χ1) is 14.9. The monoisotopic (exact) mass is 426 g/mol. The molecule has 9 heteroatoms. The second kappa shape index (κ2) is 8.03. The number of aryl methyl sites for hydroxylation is 1. The smallest absolute Gasteiger partial charge is 0.229 e. The summed E-state index contributed by atoms with van der Waals surface area (Å²) in [5, 5.41) is 6.91. The Morgan fingerprint density at radius 1 is 1.26 bits per heavy atom. The topological polar surface area (TPSA) is 95.0 Å². The molecule has 0 radical (unpaired) electrons. The summed E-state index contributed by atoms with van der Waals surface area (Å²) in [4.78, 5) is 22.7. The Morgan fingerprint density at radius 2 is 2.10 bits per heavy atom. The van der Waals surface area contributed by atoms with E-state index in [2.05, 4.69) is 41.3 Å². The van der Waals surface area contributed by atoms with Crippen LogP contribution in [0.25, 0.3) is 5.65 Å². The van der Waals surface area contributed by atoms with Crippen molar-refractivity contribution >= 4 is 17.4 Å². The van der Waals surface area contributed by atoms with E-state index in [0.29, 0.717) is 6.54 Å². The van der Waals surface area contributed by atoms with E-state index in [1.165, 1.54) is 0 Å². The Balaban J connectivity index is 1.43. The van der Waals surface area contributed by atoms with E-state index in [9.17, 15) is 4.79 Å². The van der Waals surface area contributed by atoms with Crippen LogP contribution in [0, 0.1) is 12.8 Å². The molecule has 3 aliphatic rings. The van der Waals surface area contributed by atoms with Gasteiger partial charge in [-0.1, -0.05) is 0 Å². The van der Waals surface area contributed by atoms with E-state index < -0.39 is 0 Å². The predicted molar refractivity (Wildman–Crippen MR) is 120 cm³/mol. The molecule has 2 aromatic heterocycles. The van der Waals surface area contributed by atoms with Gasteiger partial charge in [-0.3, -0.25) is 10.2 Å². The summed E-state index contributed by atoms with van der Waals surface area (Å²) < 4.78 is 1.87.